The molecule has 11 heteroatoms. The van der Waals surface area contributed by atoms with E-state index in [2.05, 4.69) is 4.31 Å². The Hall–Kier alpha value is -2.63. The molecule has 33 heavy (non-hydrogen) atoms. The van der Waals surface area contributed by atoms with Crippen LogP contribution in [0.2, 0.25) is 0 Å². The molecular weight excluding hydrogens is 461 g/mol. The van der Waals surface area contributed by atoms with E-state index in [1.165, 1.54) is 24.1 Å². The zero-order valence-corrected chi connectivity index (χ0v) is 18.4. The molecule has 178 valence electrons. The lowest BCUT2D eigenvalue weighted by atomic mass is 10.1. The van der Waals surface area contributed by atoms with Crippen LogP contribution in [0.15, 0.2) is 52.7 Å². The molecule has 1 aromatic rings. The quantitative estimate of drug-likeness (QED) is 0.355. The van der Waals surface area contributed by atoms with Crippen molar-refractivity contribution >= 4 is 17.9 Å². The fraction of sp³-hybridized carbons (Fsp3) is 0.409. The highest BCUT2D eigenvalue weighted by molar-refractivity contribution is 7.97. The smallest absolute Gasteiger partial charge is 0.416 e. The summed E-state index contributed by atoms with van der Waals surface area (Å²) in [5, 5.41) is 9.15. The second kappa shape index (κ2) is 10.1. The molecule has 2 heterocycles. The van der Waals surface area contributed by atoms with Gasteiger partial charge in [-0.05, 0) is 55.5 Å². The van der Waals surface area contributed by atoms with Crippen molar-refractivity contribution in [1.29, 1.82) is 0 Å². The van der Waals surface area contributed by atoms with Crippen molar-refractivity contribution in [3.05, 3.63) is 53.3 Å². The number of halogens is 3. The minimum absolute atomic E-state index is 0.00257. The van der Waals surface area contributed by atoms with Gasteiger partial charge in [-0.25, -0.2) is 9.79 Å². The highest BCUT2D eigenvalue weighted by Gasteiger charge is 2.32. The highest BCUT2D eigenvalue weighted by atomic mass is 32.2. The number of amides is 1. The Labute approximate surface area is 192 Å². The van der Waals surface area contributed by atoms with Gasteiger partial charge in [-0.1, -0.05) is 12.2 Å². The van der Waals surface area contributed by atoms with Gasteiger partial charge in [0.05, 0.1) is 11.7 Å². The van der Waals surface area contributed by atoms with Crippen LogP contribution in [-0.4, -0.2) is 47.6 Å². The Balaban J connectivity index is 1.40. The first-order valence-corrected chi connectivity index (χ1v) is 11.2. The van der Waals surface area contributed by atoms with E-state index in [1.54, 1.807) is 17.6 Å². The SMILES string of the molecule is O=C(NO)c1c(SN2CCCC(OC3=CC=C(C(F)(F)F)C=CC3)CC2)ccc2c1OCO2. The van der Waals surface area contributed by atoms with Crippen LogP contribution in [0.1, 0.15) is 36.0 Å². The zero-order valence-electron chi connectivity index (χ0n) is 17.6. The number of carbonyl (C=O) groups excluding carboxylic acids is 1. The molecule has 3 aliphatic rings. The van der Waals surface area contributed by atoms with E-state index in [0.717, 1.165) is 31.5 Å². The lowest BCUT2D eigenvalue weighted by Crippen LogP contribution is -2.22. The third kappa shape index (κ3) is 5.66. The Morgan fingerprint density at radius 1 is 1.21 bits per heavy atom. The first-order valence-electron chi connectivity index (χ1n) is 10.5. The molecule has 7 nitrogen and oxygen atoms in total. The molecule has 1 fully saturated rings. The fourth-order valence-electron chi connectivity index (χ4n) is 3.79. The number of hydroxylamine groups is 1. The molecule has 1 aromatic carbocycles. The number of ether oxygens (including phenoxy) is 3. The highest BCUT2D eigenvalue weighted by Crippen LogP contribution is 2.42. The van der Waals surface area contributed by atoms with E-state index >= 15 is 0 Å². The number of carbonyl (C=O) groups is 1. The second-order valence-corrected chi connectivity index (χ2v) is 8.80. The normalized spacial score (nSPS) is 21.0. The van der Waals surface area contributed by atoms with Crippen molar-refractivity contribution in [2.75, 3.05) is 19.9 Å². The summed E-state index contributed by atoms with van der Waals surface area (Å²) in [6, 6.07) is 3.46. The molecule has 0 spiro atoms. The van der Waals surface area contributed by atoms with Crippen LogP contribution in [0.25, 0.3) is 0 Å². The fourth-order valence-corrected chi connectivity index (χ4v) is 4.89. The summed E-state index contributed by atoms with van der Waals surface area (Å²) in [4.78, 5) is 12.9. The molecule has 0 saturated carbocycles. The largest absolute Gasteiger partial charge is 0.494 e. The van der Waals surface area contributed by atoms with E-state index in [4.69, 9.17) is 19.4 Å². The Bertz CT molecular complexity index is 993. The van der Waals surface area contributed by atoms with Crippen LogP contribution >= 0.6 is 11.9 Å². The molecule has 2 N–H and O–H groups in total. The lowest BCUT2D eigenvalue weighted by molar-refractivity contribution is -0.0881. The number of hydrogen-bond acceptors (Lipinski definition) is 7. The van der Waals surface area contributed by atoms with E-state index in [0.29, 0.717) is 41.5 Å². The van der Waals surface area contributed by atoms with Crippen molar-refractivity contribution in [3.8, 4) is 11.5 Å². The number of benzene rings is 1. The summed E-state index contributed by atoms with van der Waals surface area (Å²) in [6.45, 7) is 1.38. The number of alkyl halides is 3. The van der Waals surface area contributed by atoms with Gasteiger partial charge in [-0.3, -0.25) is 10.0 Å². The van der Waals surface area contributed by atoms with Gasteiger partial charge in [-0.15, -0.1) is 0 Å². The minimum Gasteiger partial charge on any atom is -0.494 e. The summed E-state index contributed by atoms with van der Waals surface area (Å²) in [5.74, 6) is 0.558. The number of nitrogens with one attached hydrogen (secondary N) is 1. The molecule has 1 saturated heterocycles. The molecular formula is C22H23F3N2O5S. The predicted octanol–water partition coefficient (Wildman–Crippen LogP) is 4.75. The number of fused-ring (bicyclic) bond motifs is 1. The van der Waals surface area contributed by atoms with Crippen LogP contribution in [0, 0.1) is 0 Å². The van der Waals surface area contributed by atoms with Gasteiger partial charge in [0, 0.05) is 24.4 Å². The third-order valence-electron chi connectivity index (χ3n) is 5.40. The van der Waals surface area contributed by atoms with Crippen LogP contribution in [0.5, 0.6) is 11.5 Å². The maximum atomic E-state index is 12.9. The Morgan fingerprint density at radius 3 is 2.85 bits per heavy atom. The van der Waals surface area contributed by atoms with Crippen molar-refractivity contribution < 1.29 is 37.4 Å². The molecule has 0 radical (unpaired) electrons. The maximum absolute atomic E-state index is 12.9. The van der Waals surface area contributed by atoms with Crippen molar-refractivity contribution in [2.45, 2.75) is 42.9 Å². The molecule has 0 bridgehead atoms. The molecule has 2 aliphatic heterocycles. The van der Waals surface area contributed by atoms with Gasteiger partial charge in [0.25, 0.3) is 5.91 Å². The van der Waals surface area contributed by atoms with Crippen LogP contribution < -0.4 is 15.0 Å². The minimum atomic E-state index is -4.39. The molecule has 0 aromatic heterocycles. The van der Waals surface area contributed by atoms with Gasteiger partial charge in [-0.2, -0.15) is 13.2 Å². The number of allylic oxidation sites excluding steroid dienone is 5. The van der Waals surface area contributed by atoms with E-state index < -0.39 is 17.7 Å². The molecule has 1 amide bonds. The summed E-state index contributed by atoms with van der Waals surface area (Å²) < 4.78 is 57.6. The zero-order chi connectivity index (χ0) is 23.4. The van der Waals surface area contributed by atoms with Crippen molar-refractivity contribution in [1.82, 2.24) is 9.79 Å². The van der Waals surface area contributed by atoms with Crippen LogP contribution in [0.3, 0.4) is 0 Å². The van der Waals surface area contributed by atoms with E-state index in [-0.39, 0.29) is 18.5 Å². The summed E-state index contributed by atoms with van der Waals surface area (Å²) in [6.07, 6.45) is 3.04. The second-order valence-electron chi connectivity index (χ2n) is 7.66. The first kappa shape index (κ1) is 23.5. The first-order chi connectivity index (χ1) is 15.8. The van der Waals surface area contributed by atoms with Gasteiger partial charge in [0.15, 0.2) is 11.5 Å². The van der Waals surface area contributed by atoms with Crippen LogP contribution in [-0.2, 0) is 4.74 Å². The number of nitrogens with zero attached hydrogens (tertiary/aromatic N) is 1. The molecule has 1 unspecified atom stereocenters. The van der Waals surface area contributed by atoms with Gasteiger partial charge in [0.1, 0.15) is 11.3 Å². The van der Waals surface area contributed by atoms with Gasteiger partial charge < -0.3 is 14.2 Å². The average molecular weight is 484 g/mol. The molecule has 4 rings (SSSR count). The predicted molar refractivity (Wildman–Crippen MR) is 114 cm³/mol. The molecule has 1 atom stereocenters. The monoisotopic (exact) mass is 484 g/mol. The Morgan fingerprint density at radius 2 is 2.06 bits per heavy atom. The van der Waals surface area contributed by atoms with Gasteiger partial charge in [0.2, 0.25) is 6.79 Å². The maximum Gasteiger partial charge on any atom is 0.416 e. The van der Waals surface area contributed by atoms with Crippen molar-refractivity contribution in [2.24, 2.45) is 0 Å². The van der Waals surface area contributed by atoms with Crippen molar-refractivity contribution in [3.63, 3.8) is 0 Å². The van der Waals surface area contributed by atoms with E-state index in [9.17, 15) is 18.0 Å². The summed E-state index contributed by atoms with van der Waals surface area (Å²) >= 11 is 1.38. The average Bonchev–Trinajstić information content (AvgIpc) is 2.97. The molecule has 1 aliphatic carbocycles. The topological polar surface area (TPSA) is 80.3 Å². The lowest BCUT2D eigenvalue weighted by Gasteiger charge is -2.21. The van der Waals surface area contributed by atoms with E-state index in [1.807, 2.05) is 0 Å². The van der Waals surface area contributed by atoms with Crippen LogP contribution in [0.4, 0.5) is 13.2 Å². The Kier molecular flexibility index (Phi) is 7.20. The number of hydrogen-bond donors (Lipinski definition) is 2. The standard InChI is InChI=1S/C22H23F3N2O5S/c23-22(24,25)14-3-1-4-15(7-6-14)32-16-5-2-11-27(12-10-16)33-18-9-8-17-20(31-13-30-17)19(18)21(28)26-29/h1,3,6-9,16,29H,2,4-5,10-13H2,(H,26,28). The van der Waals surface area contributed by atoms with Gasteiger partial charge >= 0.3 is 6.18 Å². The summed E-state index contributed by atoms with van der Waals surface area (Å²) in [5.41, 5.74) is 1.17. The number of rotatable bonds is 5. The summed E-state index contributed by atoms with van der Waals surface area (Å²) in [7, 11) is 0. The third-order valence-corrected chi connectivity index (χ3v) is 6.56.